The van der Waals surface area contributed by atoms with E-state index in [1.807, 2.05) is 24.3 Å². The molecule has 0 atom stereocenters. The molecule has 0 aliphatic heterocycles. The van der Waals surface area contributed by atoms with Crippen molar-refractivity contribution in [1.82, 2.24) is 4.98 Å². The molecule has 0 saturated carbocycles. The maximum absolute atomic E-state index is 5.58. The third-order valence-corrected chi connectivity index (χ3v) is 2.63. The van der Waals surface area contributed by atoms with Crippen LogP contribution in [-0.4, -0.2) is 11.0 Å². The highest BCUT2D eigenvalue weighted by atomic mass is 16.4. The number of hydrogen-bond acceptors (Lipinski definition) is 3. The molecule has 3 rings (SSSR count). The molecular formula is C12H12N2O. The lowest BCUT2D eigenvalue weighted by molar-refractivity contribution is 0.597. The molecule has 1 aromatic heterocycles. The monoisotopic (exact) mass is 200 g/mol. The Balaban J connectivity index is 1.85. The summed E-state index contributed by atoms with van der Waals surface area (Å²) in [4.78, 5) is 4.37. The summed E-state index contributed by atoms with van der Waals surface area (Å²) in [6.45, 7) is 0. The minimum absolute atomic E-state index is 0.443. The molecule has 3 heteroatoms. The Morgan fingerprint density at radius 1 is 1.20 bits per heavy atom. The van der Waals surface area contributed by atoms with Crippen molar-refractivity contribution in [3.8, 4) is 0 Å². The quantitative estimate of drug-likeness (QED) is 0.757. The summed E-state index contributed by atoms with van der Waals surface area (Å²) >= 11 is 0. The second kappa shape index (κ2) is 3.42. The first-order valence-electron chi connectivity index (χ1n) is 5.19. The fourth-order valence-electron chi connectivity index (χ4n) is 1.84. The Hall–Kier alpha value is -1.77. The number of nitrogens with one attached hydrogen (secondary N) is 1. The largest absolute Gasteiger partial charge is 0.424 e. The van der Waals surface area contributed by atoms with Crippen LogP contribution in [0, 0.1) is 0 Å². The Morgan fingerprint density at radius 3 is 2.80 bits per heavy atom. The van der Waals surface area contributed by atoms with Gasteiger partial charge in [-0.1, -0.05) is 24.3 Å². The lowest BCUT2D eigenvalue weighted by atomic mass is 10.2. The predicted molar refractivity (Wildman–Crippen MR) is 59.8 cm³/mol. The van der Waals surface area contributed by atoms with Crippen LogP contribution in [0.4, 0.5) is 6.01 Å². The first kappa shape index (κ1) is 8.53. The maximum atomic E-state index is 5.58. The van der Waals surface area contributed by atoms with Crippen LogP contribution < -0.4 is 5.32 Å². The number of benzene rings is 1. The molecule has 1 aromatic carbocycles. The molecule has 1 aliphatic carbocycles. The molecule has 0 amide bonds. The Bertz CT molecular complexity index is 460. The summed E-state index contributed by atoms with van der Waals surface area (Å²) in [7, 11) is 0. The number of oxazole rings is 1. The summed E-state index contributed by atoms with van der Waals surface area (Å²) in [5.74, 6) is 0. The van der Waals surface area contributed by atoms with E-state index in [1.54, 1.807) is 0 Å². The summed E-state index contributed by atoms with van der Waals surface area (Å²) in [6.07, 6.45) is 6.47. The van der Waals surface area contributed by atoms with Gasteiger partial charge in [0.25, 0.3) is 6.01 Å². The van der Waals surface area contributed by atoms with Crippen LogP contribution in [0.1, 0.15) is 12.8 Å². The van der Waals surface area contributed by atoms with Gasteiger partial charge in [0.2, 0.25) is 0 Å². The van der Waals surface area contributed by atoms with Crippen LogP contribution in [0.2, 0.25) is 0 Å². The van der Waals surface area contributed by atoms with E-state index in [0.29, 0.717) is 12.1 Å². The van der Waals surface area contributed by atoms with Crippen LogP contribution in [0.5, 0.6) is 0 Å². The lowest BCUT2D eigenvalue weighted by Gasteiger charge is -2.08. The molecule has 1 heterocycles. The minimum atomic E-state index is 0.443. The summed E-state index contributed by atoms with van der Waals surface area (Å²) < 4.78 is 5.58. The van der Waals surface area contributed by atoms with Gasteiger partial charge in [-0.15, -0.1) is 0 Å². The second-order valence-electron chi connectivity index (χ2n) is 3.77. The molecule has 0 unspecified atom stereocenters. The summed E-state index contributed by atoms with van der Waals surface area (Å²) in [5, 5.41) is 3.29. The Labute approximate surface area is 87.8 Å². The molecule has 0 saturated heterocycles. The van der Waals surface area contributed by atoms with Crippen molar-refractivity contribution in [1.29, 1.82) is 0 Å². The van der Waals surface area contributed by atoms with Crippen molar-refractivity contribution in [2.45, 2.75) is 18.9 Å². The van der Waals surface area contributed by atoms with E-state index < -0.39 is 0 Å². The average Bonchev–Trinajstić information content (AvgIpc) is 2.86. The van der Waals surface area contributed by atoms with Crippen molar-refractivity contribution >= 4 is 17.1 Å². The van der Waals surface area contributed by atoms with E-state index in [1.165, 1.54) is 0 Å². The number of aromatic nitrogens is 1. The standard InChI is InChI=1S/C12H12N2O/c1-2-6-9(5-1)13-12-14-10-7-3-4-8-11(10)15-12/h1-4,7-9H,5-6H2,(H,13,14). The van der Waals surface area contributed by atoms with Gasteiger partial charge in [-0.25, -0.2) is 0 Å². The van der Waals surface area contributed by atoms with Crippen molar-refractivity contribution in [2.75, 3.05) is 5.32 Å². The molecule has 2 aromatic rings. The highest BCUT2D eigenvalue weighted by molar-refractivity contribution is 5.74. The van der Waals surface area contributed by atoms with Gasteiger partial charge in [0, 0.05) is 6.04 Å². The van der Waals surface area contributed by atoms with Gasteiger partial charge in [0.15, 0.2) is 5.58 Å². The van der Waals surface area contributed by atoms with Crippen LogP contribution in [0.15, 0.2) is 40.8 Å². The van der Waals surface area contributed by atoms with Crippen molar-refractivity contribution in [3.63, 3.8) is 0 Å². The SMILES string of the molecule is C1=CCC(Nc2nc3ccccc3o2)C1. The Morgan fingerprint density at radius 2 is 2.00 bits per heavy atom. The highest BCUT2D eigenvalue weighted by Gasteiger charge is 2.12. The van der Waals surface area contributed by atoms with E-state index in [-0.39, 0.29) is 0 Å². The van der Waals surface area contributed by atoms with Gasteiger partial charge >= 0.3 is 0 Å². The molecule has 3 nitrogen and oxygen atoms in total. The van der Waals surface area contributed by atoms with E-state index in [4.69, 9.17) is 4.42 Å². The highest BCUT2D eigenvalue weighted by Crippen LogP contribution is 2.21. The summed E-state index contributed by atoms with van der Waals surface area (Å²) in [6, 6.07) is 8.88. The second-order valence-corrected chi connectivity index (χ2v) is 3.77. The Kier molecular flexibility index (Phi) is 1.95. The maximum Gasteiger partial charge on any atom is 0.295 e. The lowest BCUT2D eigenvalue weighted by Crippen LogP contribution is -2.14. The van der Waals surface area contributed by atoms with Gasteiger partial charge in [-0.3, -0.25) is 0 Å². The van der Waals surface area contributed by atoms with Crippen LogP contribution in [-0.2, 0) is 0 Å². The number of para-hydroxylation sites is 2. The van der Waals surface area contributed by atoms with E-state index in [9.17, 15) is 0 Å². The van der Waals surface area contributed by atoms with Crippen molar-refractivity contribution in [3.05, 3.63) is 36.4 Å². The zero-order valence-electron chi connectivity index (χ0n) is 8.31. The third-order valence-electron chi connectivity index (χ3n) is 2.63. The molecule has 1 aliphatic rings. The van der Waals surface area contributed by atoms with E-state index in [2.05, 4.69) is 22.5 Å². The number of anilines is 1. The van der Waals surface area contributed by atoms with Gasteiger partial charge < -0.3 is 9.73 Å². The van der Waals surface area contributed by atoms with Crippen LogP contribution >= 0.6 is 0 Å². The normalized spacial score (nSPS) is 16.3. The zero-order chi connectivity index (χ0) is 10.1. The molecule has 1 N–H and O–H groups in total. The topological polar surface area (TPSA) is 38.1 Å². The first-order chi connectivity index (χ1) is 7.42. The molecular weight excluding hydrogens is 188 g/mol. The fraction of sp³-hybridized carbons (Fsp3) is 0.250. The average molecular weight is 200 g/mol. The fourth-order valence-corrected chi connectivity index (χ4v) is 1.84. The number of fused-ring (bicyclic) bond motifs is 1. The van der Waals surface area contributed by atoms with E-state index in [0.717, 1.165) is 23.9 Å². The van der Waals surface area contributed by atoms with Gasteiger partial charge in [0.1, 0.15) is 5.52 Å². The van der Waals surface area contributed by atoms with E-state index >= 15 is 0 Å². The van der Waals surface area contributed by atoms with Gasteiger partial charge in [-0.05, 0) is 25.0 Å². The molecule has 0 radical (unpaired) electrons. The smallest absolute Gasteiger partial charge is 0.295 e. The predicted octanol–water partition coefficient (Wildman–Crippen LogP) is 2.96. The number of nitrogens with zero attached hydrogens (tertiary/aromatic N) is 1. The molecule has 0 fully saturated rings. The van der Waals surface area contributed by atoms with Crippen molar-refractivity contribution in [2.24, 2.45) is 0 Å². The summed E-state index contributed by atoms with van der Waals surface area (Å²) in [5.41, 5.74) is 1.75. The van der Waals surface area contributed by atoms with Gasteiger partial charge in [0.05, 0.1) is 0 Å². The molecule has 15 heavy (non-hydrogen) atoms. The van der Waals surface area contributed by atoms with Gasteiger partial charge in [-0.2, -0.15) is 4.98 Å². The van der Waals surface area contributed by atoms with Crippen LogP contribution in [0.25, 0.3) is 11.1 Å². The third kappa shape index (κ3) is 1.61. The molecule has 76 valence electrons. The van der Waals surface area contributed by atoms with Crippen molar-refractivity contribution < 1.29 is 4.42 Å². The number of rotatable bonds is 2. The zero-order valence-corrected chi connectivity index (χ0v) is 8.31. The minimum Gasteiger partial charge on any atom is -0.424 e. The van der Waals surface area contributed by atoms with Crippen LogP contribution in [0.3, 0.4) is 0 Å². The molecule has 0 spiro atoms. The first-order valence-corrected chi connectivity index (χ1v) is 5.19. The molecule has 0 bridgehead atoms. The number of hydrogen-bond donors (Lipinski definition) is 1.